The Morgan fingerprint density at radius 3 is 2.93 bits per heavy atom. The summed E-state index contributed by atoms with van der Waals surface area (Å²) in [5.74, 6) is 1.26. The van der Waals surface area contributed by atoms with Crippen LogP contribution in [0.4, 0.5) is 5.82 Å². The summed E-state index contributed by atoms with van der Waals surface area (Å²) in [7, 11) is 0. The van der Waals surface area contributed by atoms with E-state index in [4.69, 9.17) is 23.2 Å². The molecule has 4 rings (SSSR count). The highest BCUT2D eigenvalue weighted by Crippen LogP contribution is 2.39. The molecule has 1 aliphatic rings. The van der Waals surface area contributed by atoms with Gasteiger partial charge in [-0.1, -0.05) is 41.0 Å². The van der Waals surface area contributed by atoms with Crippen molar-refractivity contribution in [2.45, 2.75) is 37.4 Å². The van der Waals surface area contributed by atoms with Gasteiger partial charge in [0.25, 0.3) is 0 Å². The number of carbonyl (C=O) groups is 1. The van der Waals surface area contributed by atoms with E-state index in [0.717, 1.165) is 30.2 Å². The third-order valence-corrected chi connectivity index (χ3v) is 7.02. The predicted molar refractivity (Wildman–Crippen MR) is 114 cm³/mol. The second-order valence-corrected chi connectivity index (χ2v) is 9.25. The fraction of sp³-hybridized carbons (Fsp3) is 0.333. The average molecular weight is 454 g/mol. The fourth-order valence-electron chi connectivity index (χ4n) is 2.74. The van der Waals surface area contributed by atoms with Crippen LogP contribution in [0.5, 0.6) is 0 Å². The second-order valence-electron chi connectivity index (χ2n) is 6.49. The highest BCUT2D eigenvalue weighted by molar-refractivity contribution is 7.99. The number of hydrogen-bond donors (Lipinski definition) is 1. The van der Waals surface area contributed by atoms with Crippen LogP contribution in [0.25, 0.3) is 0 Å². The van der Waals surface area contributed by atoms with E-state index < -0.39 is 0 Å². The number of carbonyl (C=O) groups excluding carboxylic acids is 1. The molecule has 0 aliphatic heterocycles. The van der Waals surface area contributed by atoms with Gasteiger partial charge in [-0.05, 0) is 36.8 Å². The van der Waals surface area contributed by atoms with Gasteiger partial charge in [-0.25, -0.2) is 4.98 Å². The third kappa shape index (κ3) is 4.35. The summed E-state index contributed by atoms with van der Waals surface area (Å²) in [6, 6.07) is 4.57. The van der Waals surface area contributed by atoms with Gasteiger partial charge < -0.3 is 9.88 Å². The first-order chi connectivity index (χ1) is 13.5. The van der Waals surface area contributed by atoms with Crippen LogP contribution in [-0.4, -0.2) is 31.4 Å². The Balaban J connectivity index is 1.43. The zero-order valence-corrected chi connectivity index (χ0v) is 18.1. The molecule has 3 heterocycles. The minimum absolute atomic E-state index is 0.198. The van der Waals surface area contributed by atoms with E-state index in [2.05, 4.69) is 36.5 Å². The number of pyridine rings is 1. The van der Waals surface area contributed by atoms with Gasteiger partial charge in [0, 0.05) is 23.5 Å². The van der Waals surface area contributed by atoms with Gasteiger partial charge in [-0.2, -0.15) is 0 Å². The molecule has 1 fully saturated rings. The number of halogens is 2. The third-order valence-electron chi connectivity index (χ3n) is 4.35. The van der Waals surface area contributed by atoms with Crippen molar-refractivity contribution < 1.29 is 4.79 Å². The molecule has 10 heteroatoms. The van der Waals surface area contributed by atoms with E-state index in [0.29, 0.717) is 27.5 Å². The fourth-order valence-corrected chi connectivity index (χ4v) is 4.65. The van der Waals surface area contributed by atoms with E-state index >= 15 is 0 Å². The zero-order chi connectivity index (χ0) is 19.7. The van der Waals surface area contributed by atoms with Gasteiger partial charge in [-0.15, -0.1) is 21.5 Å². The van der Waals surface area contributed by atoms with Crippen molar-refractivity contribution in [1.29, 1.82) is 0 Å². The molecule has 1 N–H and O–H groups in total. The average Bonchev–Trinajstić information content (AvgIpc) is 3.23. The smallest absolute Gasteiger partial charge is 0.236 e. The molecule has 0 atom stereocenters. The number of hydrogen-bond acceptors (Lipinski definition) is 6. The standard InChI is InChI=1S/C18H17Cl2N5OS2/c1-10-13(19)8-21-17(16(10)20)22-15(26)9-28-18-24-23-14(25(18)11-4-5-11)7-12-3-2-6-27-12/h2-3,6,8,11H,4-5,7,9H2,1H3,(H,21,22,26). The summed E-state index contributed by atoms with van der Waals surface area (Å²) in [6.07, 6.45) is 4.49. The Labute approximate surface area is 180 Å². The van der Waals surface area contributed by atoms with Gasteiger partial charge in [0.1, 0.15) is 5.82 Å². The lowest BCUT2D eigenvalue weighted by Gasteiger charge is -2.10. The minimum atomic E-state index is -0.203. The van der Waals surface area contributed by atoms with Gasteiger partial charge in [0.15, 0.2) is 11.0 Å². The van der Waals surface area contributed by atoms with Crippen molar-refractivity contribution in [1.82, 2.24) is 19.7 Å². The highest BCUT2D eigenvalue weighted by atomic mass is 35.5. The van der Waals surface area contributed by atoms with Gasteiger partial charge in [0.2, 0.25) is 5.91 Å². The number of rotatable bonds is 7. The Morgan fingerprint density at radius 1 is 1.39 bits per heavy atom. The van der Waals surface area contributed by atoms with Gasteiger partial charge >= 0.3 is 0 Å². The molecule has 0 saturated heterocycles. The predicted octanol–water partition coefficient (Wildman–Crippen LogP) is 5.01. The summed E-state index contributed by atoms with van der Waals surface area (Å²) in [6.45, 7) is 1.78. The molecular weight excluding hydrogens is 437 g/mol. The lowest BCUT2D eigenvalue weighted by atomic mass is 10.3. The molecule has 1 amide bonds. The minimum Gasteiger partial charge on any atom is -0.309 e. The van der Waals surface area contributed by atoms with E-state index in [-0.39, 0.29) is 11.7 Å². The molecular formula is C18H17Cl2N5OS2. The number of nitrogens with zero attached hydrogens (tertiary/aromatic N) is 4. The van der Waals surface area contributed by atoms with Gasteiger partial charge in [-0.3, -0.25) is 4.79 Å². The number of anilines is 1. The van der Waals surface area contributed by atoms with Crippen LogP contribution in [0.3, 0.4) is 0 Å². The van der Waals surface area contributed by atoms with Crippen molar-refractivity contribution in [2.75, 3.05) is 11.1 Å². The molecule has 6 nitrogen and oxygen atoms in total. The van der Waals surface area contributed by atoms with Crippen molar-refractivity contribution in [3.8, 4) is 0 Å². The summed E-state index contributed by atoms with van der Waals surface area (Å²) in [5.41, 5.74) is 0.688. The molecule has 0 spiro atoms. The number of amides is 1. The molecule has 1 saturated carbocycles. The van der Waals surface area contributed by atoms with Crippen molar-refractivity contribution in [3.63, 3.8) is 0 Å². The van der Waals surface area contributed by atoms with Crippen LogP contribution in [0.2, 0.25) is 10.0 Å². The van der Waals surface area contributed by atoms with Crippen LogP contribution in [0.1, 0.15) is 35.1 Å². The number of nitrogens with one attached hydrogen (secondary N) is 1. The van der Waals surface area contributed by atoms with E-state index in [1.54, 1.807) is 18.3 Å². The van der Waals surface area contributed by atoms with E-state index in [9.17, 15) is 4.79 Å². The molecule has 0 bridgehead atoms. The lowest BCUT2D eigenvalue weighted by Crippen LogP contribution is -2.16. The molecule has 0 unspecified atom stereocenters. The molecule has 0 aromatic carbocycles. The van der Waals surface area contributed by atoms with Crippen LogP contribution >= 0.6 is 46.3 Å². The first-order valence-electron chi connectivity index (χ1n) is 8.72. The monoisotopic (exact) mass is 453 g/mol. The second kappa shape index (κ2) is 8.41. The molecule has 1 aliphatic carbocycles. The Morgan fingerprint density at radius 2 is 2.21 bits per heavy atom. The molecule has 146 valence electrons. The maximum absolute atomic E-state index is 12.4. The summed E-state index contributed by atoms with van der Waals surface area (Å²) in [5, 5.41) is 15.1. The summed E-state index contributed by atoms with van der Waals surface area (Å²) in [4.78, 5) is 17.7. The molecule has 3 aromatic heterocycles. The topological polar surface area (TPSA) is 72.7 Å². The van der Waals surface area contributed by atoms with Crippen LogP contribution < -0.4 is 5.32 Å². The quantitative estimate of drug-likeness (QED) is 0.509. The normalized spacial score (nSPS) is 13.7. The van der Waals surface area contributed by atoms with Crippen LogP contribution in [0, 0.1) is 6.92 Å². The van der Waals surface area contributed by atoms with Crippen LogP contribution in [0.15, 0.2) is 28.9 Å². The molecule has 28 heavy (non-hydrogen) atoms. The Hall–Kier alpha value is -1.61. The Bertz CT molecular complexity index is 1000. The van der Waals surface area contributed by atoms with Crippen LogP contribution in [-0.2, 0) is 11.2 Å². The Kier molecular flexibility index (Phi) is 5.91. The zero-order valence-electron chi connectivity index (χ0n) is 15.0. The maximum Gasteiger partial charge on any atom is 0.236 e. The van der Waals surface area contributed by atoms with E-state index in [1.807, 2.05) is 6.07 Å². The SMILES string of the molecule is Cc1c(Cl)cnc(NC(=O)CSc2nnc(Cc3cccs3)n2C2CC2)c1Cl. The number of thiophene rings is 1. The molecule has 0 radical (unpaired) electrons. The lowest BCUT2D eigenvalue weighted by molar-refractivity contribution is -0.113. The van der Waals surface area contributed by atoms with Crippen molar-refractivity contribution in [3.05, 3.63) is 50.0 Å². The maximum atomic E-state index is 12.4. The van der Waals surface area contributed by atoms with Gasteiger partial charge in [0.05, 0.1) is 15.8 Å². The number of thioether (sulfide) groups is 1. The van der Waals surface area contributed by atoms with Crippen molar-refractivity contribution in [2.24, 2.45) is 0 Å². The van der Waals surface area contributed by atoms with Crippen molar-refractivity contribution >= 4 is 58.0 Å². The first kappa shape index (κ1) is 19.7. The summed E-state index contributed by atoms with van der Waals surface area (Å²) >= 11 is 15.3. The number of aromatic nitrogens is 4. The van der Waals surface area contributed by atoms with E-state index in [1.165, 1.54) is 22.8 Å². The summed E-state index contributed by atoms with van der Waals surface area (Å²) < 4.78 is 2.18. The highest BCUT2D eigenvalue weighted by Gasteiger charge is 2.30. The first-order valence-corrected chi connectivity index (χ1v) is 11.3. The largest absolute Gasteiger partial charge is 0.309 e. The molecule has 3 aromatic rings.